The van der Waals surface area contributed by atoms with Crippen molar-refractivity contribution in [3.8, 4) is 17.2 Å². The summed E-state index contributed by atoms with van der Waals surface area (Å²) in [6.07, 6.45) is 0. The standard InChI is InChI=1S/C18H20O5/c1-20-13-8-10-14(11-9-13)23-12-16(18(19)22-3)15-6-4-5-7-17(15)21-2/h4-11,16H,12H2,1-3H3. The molecule has 0 aliphatic rings. The highest BCUT2D eigenvalue weighted by atomic mass is 16.5. The van der Waals surface area contributed by atoms with Crippen molar-refractivity contribution < 1.29 is 23.7 Å². The Morgan fingerprint density at radius 3 is 2.17 bits per heavy atom. The maximum absolute atomic E-state index is 12.1. The molecular weight excluding hydrogens is 296 g/mol. The lowest BCUT2D eigenvalue weighted by molar-refractivity contribution is -0.143. The van der Waals surface area contributed by atoms with Crippen molar-refractivity contribution in [2.75, 3.05) is 27.9 Å². The summed E-state index contributed by atoms with van der Waals surface area (Å²) in [6, 6.07) is 14.5. The number of hydrogen-bond acceptors (Lipinski definition) is 5. The number of carbonyl (C=O) groups excluding carboxylic acids is 1. The summed E-state index contributed by atoms with van der Waals surface area (Å²) in [6.45, 7) is 0.152. The van der Waals surface area contributed by atoms with E-state index in [0.29, 0.717) is 11.5 Å². The summed E-state index contributed by atoms with van der Waals surface area (Å²) in [5.74, 6) is 1.07. The molecule has 0 spiro atoms. The molecule has 0 saturated carbocycles. The minimum absolute atomic E-state index is 0.152. The van der Waals surface area contributed by atoms with Crippen LogP contribution in [0.5, 0.6) is 17.2 Å². The van der Waals surface area contributed by atoms with Crippen molar-refractivity contribution in [3.63, 3.8) is 0 Å². The van der Waals surface area contributed by atoms with Gasteiger partial charge in [-0.15, -0.1) is 0 Å². The van der Waals surface area contributed by atoms with E-state index in [9.17, 15) is 4.79 Å². The van der Waals surface area contributed by atoms with Gasteiger partial charge in [-0.3, -0.25) is 4.79 Å². The molecular formula is C18H20O5. The fourth-order valence-corrected chi connectivity index (χ4v) is 2.23. The van der Waals surface area contributed by atoms with Crippen molar-refractivity contribution in [1.29, 1.82) is 0 Å². The molecule has 23 heavy (non-hydrogen) atoms. The second-order valence-corrected chi connectivity index (χ2v) is 4.80. The normalized spacial score (nSPS) is 11.4. The molecule has 0 aliphatic carbocycles. The fourth-order valence-electron chi connectivity index (χ4n) is 2.23. The highest BCUT2D eigenvalue weighted by Crippen LogP contribution is 2.28. The zero-order chi connectivity index (χ0) is 16.7. The van der Waals surface area contributed by atoms with E-state index in [1.54, 1.807) is 44.6 Å². The van der Waals surface area contributed by atoms with E-state index in [-0.39, 0.29) is 12.6 Å². The molecule has 2 rings (SSSR count). The Hall–Kier alpha value is -2.69. The van der Waals surface area contributed by atoms with Crippen LogP contribution in [0, 0.1) is 0 Å². The molecule has 1 atom stereocenters. The van der Waals surface area contributed by atoms with E-state index in [1.807, 2.05) is 18.2 Å². The Bertz CT molecular complexity index is 636. The molecule has 0 aliphatic heterocycles. The predicted octanol–water partition coefficient (Wildman–Crippen LogP) is 3.04. The molecule has 0 N–H and O–H groups in total. The van der Waals surface area contributed by atoms with Gasteiger partial charge in [-0.2, -0.15) is 0 Å². The molecule has 5 nitrogen and oxygen atoms in total. The van der Waals surface area contributed by atoms with Crippen molar-refractivity contribution in [2.24, 2.45) is 0 Å². The van der Waals surface area contributed by atoms with Gasteiger partial charge < -0.3 is 18.9 Å². The van der Waals surface area contributed by atoms with Gasteiger partial charge in [-0.05, 0) is 30.3 Å². The first-order valence-electron chi connectivity index (χ1n) is 7.17. The molecule has 0 saturated heterocycles. The largest absolute Gasteiger partial charge is 0.497 e. The van der Waals surface area contributed by atoms with Gasteiger partial charge >= 0.3 is 5.97 Å². The second kappa shape index (κ2) is 8.08. The van der Waals surface area contributed by atoms with Gasteiger partial charge in [-0.1, -0.05) is 18.2 Å². The minimum Gasteiger partial charge on any atom is -0.497 e. The number of esters is 1. The van der Waals surface area contributed by atoms with Gasteiger partial charge in [0.05, 0.1) is 21.3 Å². The van der Waals surface area contributed by atoms with Crippen LogP contribution in [-0.2, 0) is 9.53 Å². The zero-order valence-corrected chi connectivity index (χ0v) is 13.4. The molecule has 0 amide bonds. The number of rotatable bonds is 7. The number of ether oxygens (including phenoxy) is 4. The first-order valence-corrected chi connectivity index (χ1v) is 7.17. The molecule has 0 aromatic heterocycles. The zero-order valence-electron chi connectivity index (χ0n) is 13.4. The Morgan fingerprint density at radius 2 is 1.57 bits per heavy atom. The Kier molecular flexibility index (Phi) is 5.86. The average Bonchev–Trinajstić information content (AvgIpc) is 2.62. The van der Waals surface area contributed by atoms with Crippen molar-refractivity contribution >= 4 is 5.97 Å². The summed E-state index contributed by atoms with van der Waals surface area (Å²) in [5, 5.41) is 0. The molecule has 0 bridgehead atoms. The molecule has 2 aromatic rings. The number of carbonyl (C=O) groups is 1. The van der Waals surface area contributed by atoms with E-state index < -0.39 is 5.92 Å². The molecule has 5 heteroatoms. The minimum atomic E-state index is -0.571. The predicted molar refractivity (Wildman–Crippen MR) is 86.2 cm³/mol. The first-order chi connectivity index (χ1) is 11.2. The quantitative estimate of drug-likeness (QED) is 0.735. The third-order valence-electron chi connectivity index (χ3n) is 3.48. The maximum Gasteiger partial charge on any atom is 0.316 e. The lowest BCUT2D eigenvalue weighted by Crippen LogP contribution is -2.22. The van der Waals surface area contributed by atoms with Crippen LogP contribution in [-0.4, -0.2) is 33.9 Å². The van der Waals surface area contributed by atoms with E-state index in [2.05, 4.69) is 0 Å². The van der Waals surface area contributed by atoms with E-state index in [4.69, 9.17) is 18.9 Å². The second-order valence-electron chi connectivity index (χ2n) is 4.80. The molecule has 0 fully saturated rings. The molecule has 122 valence electrons. The third-order valence-corrected chi connectivity index (χ3v) is 3.48. The van der Waals surface area contributed by atoms with Gasteiger partial charge in [0.25, 0.3) is 0 Å². The number of benzene rings is 2. The van der Waals surface area contributed by atoms with Gasteiger partial charge in [0.2, 0.25) is 0 Å². The lowest BCUT2D eigenvalue weighted by Gasteiger charge is -2.18. The van der Waals surface area contributed by atoms with Gasteiger partial charge in [0, 0.05) is 5.56 Å². The average molecular weight is 316 g/mol. The molecule has 1 unspecified atom stereocenters. The lowest BCUT2D eigenvalue weighted by atomic mass is 9.99. The number of methoxy groups -OCH3 is 3. The monoisotopic (exact) mass is 316 g/mol. The SMILES string of the molecule is COC(=O)C(COc1ccc(OC)cc1)c1ccccc1OC. The van der Waals surface area contributed by atoms with E-state index >= 15 is 0 Å². The first kappa shape index (κ1) is 16.7. The van der Waals surface area contributed by atoms with Crippen LogP contribution in [0.15, 0.2) is 48.5 Å². The van der Waals surface area contributed by atoms with Gasteiger partial charge in [0.1, 0.15) is 29.8 Å². The maximum atomic E-state index is 12.1. The van der Waals surface area contributed by atoms with Crippen LogP contribution in [0.1, 0.15) is 11.5 Å². The van der Waals surface area contributed by atoms with Gasteiger partial charge in [0.15, 0.2) is 0 Å². The topological polar surface area (TPSA) is 54.0 Å². The Labute approximate surface area is 135 Å². The Balaban J connectivity index is 2.17. The van der Waals surface area contributed by atoms with Crippen LogP contribution in [0.4, 0.5) is 0 Å². The van der Waals surface area contributed by atoms with Crippen LogP contribution >= 0.6 is 0 Å². The summed E-state index contributed by atoms with van der Waals surface area (Å²) in [4.78, 5) is 12.1. The summed E-state index contributed by atoms with van der Waals surface area (Å²) in [7, 11) is 4.53. The Morgan fingerprint density at radius 1 is 0.913 bits per heavy atom. The smallest absolute Gasteiger partial charge is 0.316 e. The summed E-state index contributed by atoms with van der Waals surface area (Å²) in [5.41, 5.74) is 0.732. The van der Waals surface area contributed by atoms with E-state index in [0.717, 1.165) is 11.3 Å². The summed E-state index contributed by atoms with van der Waals surface area (Å²) >= 11 is 0. The van der Waals surface area contributed by atoms with E-state index in [1.165, 1.54) is 7.11 Å². The highest BCUT2D eigenvalue weighted by molar-refractivity contribution is 5.79. The number of hydrogen-bond donors (Lipinski definition) is 0. The molecule has 0 heterocycles. The van der Waals surface area contributed by atoms with Crippen LogP contribution in [0.2, 0.25) is 0 Å². The van der Waals surface area contributed by atoms with Crippen molar-refractivity contribution in [2.45, 2.75) is 5.92 Å². The van der Waals surface area contributed by atoms with Crippen LogP contribution < -0.4 is 14.2 Å². The fraction of sp³-hybridized carbons (Fsp3) is 0.278. The number of para-hydroxylation sites is 1. The van der Waals surface area contributed by atoms with Gasteiger partial charge in [-0.25, -0.2) is 0 Å². The van der Waals surface area contributed by atoms with Crippen molar-refractivity contribution in [3.05, 3.63) is 54.1 Å². The van der Waals surface area contributed by atoms with Crippen LogP contribution in [0.25, 0.3) is 0 Å². The highest BCUT2D eigenvalue weighted by Gasteiger charge is 2.25. The molecule has 2 aromatic carbocycles. The summed E-state index contributed by atoms with van der Waals surface area (Å²) < 4.78 is 21.1. The van der Waals surface area contributed by atoms with Crippen molar-refractivity contribution in [1.82, 2.24) is 0 Å². The molecule has 0 radical (unpaired) electrons. The third kappa shape index (κ3) is 4.16. The van der Waals surface area contributed by atoms with Crippen LogP contribution in [0.3, 0.4) is 0 Å².